The molecule has 0 saturated carbocycles. The number of rotatable bonds is 4. The van der Waals surface area contributed by atoms with Gasteiger partial charge in [0.25, 0.3) is 0 Å². The maximum Gasteiger partial charge on any atom is 0.129 e. The van der Waals surface area contributed by atoms with Crippen LogP contribution in [0.1, 0.15) is 24.4 Å². The minimum Gasteiger partial charge on any atom is -0.497 e. The summed E-state index contributed by atoms with van der Waals surface area (Å²) in [5.74, 6) is 2.68. The summed E-state index contributed by atoms with van der Waals surface area (Å²) < 4.78 is 11.9. The van der Waals surface area contributed by atoms with Gasteiger partial charge in [-0.05, 0) is 53.0 Å². The second-order valence-corrected chi connectivity index (χ2v) is 6.21. The highest BCUT2D eigenvalue weighted by Crippen LogP contribution is 2.40. The lowest BCUT2D eigenvalue weighted by atomic mass is 10.0. The molecule has 116 valence electrons. The Morgan fingerprint density at radius 3 is 2.73 bits per heavy atom. The van der Waals surface area contributed by atoms with Crippen LogP contribution in [0.25, 0.3) is 0 Å². The van der Waals surface area contributed by atoms with Crippen LogP contribution < -0.4 is 14.4 Å². The van der Waals surface area contributed by atoms with E-state index in [0.29, 0.717) is 0 Å². The highest BCUT2D eigenvalue weighted by Gasteiger charge is 2.29. The molecule has 0 radical (unpaired) electrons. The van der Waals surface area contributed by atoms with Gasteiger partial charge in [-0.2, -0.15) is 0 Å². The summed E-state index contributed by atoms with van der Waals surface area (Å²) in [4.78, 5) is 6.88. The summed E-state index contributed by atoms with van der Waals surface area (Å²) >= 11 is 3.44. The van der Waals surface area contributed by atoms with Crippen molar-refractivity contribution < 1.29 is 9.47 Å². The van der Waals surface area contributed by atoms with Crippen LogP contribution in [-0.4, -0.2) is 25.7 Å². The second kappa shape index (κ2) is 6.57. The van der Waals surface area contributed by atoms with E-state index in [9.17, 15) is 0 Å². The van der Waals surface area contributed by atoms with Crippen molar-refractivity contribution in [3.8, 4) is 11.5 Å². The van der Waals surface area contributed by atoms with Gasteiger partial charge in [-0.15, -0.1) is 0 Å². The zero-order valence-corrected chi connectivity index (χ0v) is 14.3. The number of nitrogens with zero attached hydrogens (tertiary/aromatic N) is 2. The molecule has 1 aliphatic rings. The van der Waals surface area contributed by atoms with Crippen molar-refractivity contribution in [3.05, 3.63) is 46.6 Å². The number of ether oxygens (including phenoxy) is 2. The van der Waals surface area contributed by atoms with E-state index in [2.05, 4.69) is 37.9 Å². The Morgan fingerprint density at radius 1 is 1.18 bits per heavy atom. The van der Waals surface area contributed by atoms with Crippen molar-refractivity contribution in [2.45, 2.75) is 18.9 Å². The predicted octanol–water partition coefficient (Wildman–Crippen LogP) is 4.20. The smallest absolute Gasteiger partial charge is 0.129 e. The molecule has 22 heavy (non-hydrogen) atoms. The molecule has 1 atom stereocenters. The van der Waals surface area contributed by atoms with Crippen LogP contribution in [0.5, 0.6) is 11.5 Å². The number of halogens is 1. The summed E-state index contributed by atoms with van der Waals surface area (Å²) in [6, 6.07) is 10.4. The molecule has 0 spiro atoms. The van der Waals surface area contributed by atoms with Gasteiger partial charge in [0.15, 0.2) is 0 Å². The monoisotopic (exact) mass is 362 g/mol. The van der Waals surface area contributed by atoms with Gasteiger partial charge in [-0.25, -0.2) is 4.98 Å². The minimum atomic E-state index is 0.287. The van der Waals surface area contributed by atoms with Gasteiger partial charge in [-0.1, -0.05) is 0 Å². The molecular formula is C17H19BrN2O2. The van der Waals surface area contributed by atoms with Gasteiger partial charge >= 0.3 is 0 Å². The van der Waals surface area contributed by atoms with Crippen molar-refractivity contribution >= 4 is 21.7 Å². The predicted molar refractivity (Wildman–Crippen MR) is 90.8 cm³/mol. The minimum absolute atomic E-state index is 0.287. The molecule has 1 saturated heterocycles. The Hall–Kier alpha value is -1.75. The van der Waals surface area contributed by atoms with Gasteiger partial charge < -0.3 is 14.4 Å². The van der Waals surface area contributed by atoms with Crippen molar-refractivity contribution in [2.75, 3.05) is 25.7 Å². The number of hydrogen-bond donors (Lipinski definition) is 0. The lowest BCUT2D eigenvalue weighted by Gasteiger charge is -2.27. The first-order valence-corrected chi connectivity index (χ1v) is 8.12. The Morgan fingerprint density at radius 2 is 2.05 bits per heavy atom. The lowest BCUT2D eigenvalue weighted by molar-refractivity contribution is 0.388. The molecule has 0 aliphatic carbocycles. The molecule has 2 aromatic rings. The van der Waals surface area contributed by atoms with E-state index in [1.165, 1.54) is 5.56 Å². The first-order valence-electron chi connectivity index (χ1n) is 7.33. The first kappa shape index (κ1) is 15.2. The molecule has 1 fully saturated rings. The van der Waals surface area contributed by atoms with Gasteiger partial charge in [0.05, 0.1) is 20.3 Å². The number of hydrogen-bond acceptors (Lipinski definition) is 4. The Labute approximate surface area is 139 Å². The summed E-state index contributed by atoms with van der Waals surface area (Å²) in [6.07, 6.45) is 4.09. The number of aromatic nitrogens is 1. The highest BCUT2D eigenvalue weighted by atomic mass is 79.9. The third kappa shape index (κ3) is 2.90. The topological polar surface area (TPSA) is 34.6 Å². The maximum atomic E-state index is 5.57. The molecule has 4 nitrogen and oxygen atoms in total. The van der Waals surface area contributed by atoms with Gasteiger partial charge in [0.1, 0.15) is 17.3 Å². The molecular weight excluding hydrogens is 344 g/mol. The lowest BCUT2D eigenvalue weighted by Crippen LogP contribution is -2.23. The summed E-state index contributed by atoms with van der Waals surface area (Å²) in [5.41, 5.74) is 1.19. The van der Waals surface area contributed by atoms with Crippen LogP contribution in [0.3, 0.4) is 0 Å². The highest BCUT2D eigenvalue weighted by molar-refractivity contribution is 9.10. The Bertz CT molecular complexity index is 646. The quantitative estimate of drug-likeness (QED) is 0.815. The normalized spacial score (nSPS) is 17.6. The average molecular weight is 363 g/mol. The SMILES string of the molecule is COc1ccc(C2CCCN2c2ccc(Br)cn2)c(OC)c1. The van der Waals surface area contributed by atoms with Crippen molar-refractivity contribution in [1.82, 2.24) is 4.98 Å². The second-order valence-electron chi connectivity index (χ2n) is 5.29. The largest absolute Gasteiger partial charge is 0.497 e. The van der Waals surface area contributed by atoms with Crippen LogP contribution >= 0.6 is 15.9 Å². The first-order chi connectivity index (χ1) is 10.7. The van der Waals surface area contributed by atoms with E-state index >= 15 is 0 Å². The number of anilines is 1. The van der Waals surface area contributed by atoms with Crippen LogP contribution in [0, 0.1) is 0 Å². The molecule has 1 aliphatic heterocycles. The van der Waals surface area contributed by atoms with Gasteiger partial charge in [0, 0.05) is 28.8 Å². The van der Waals surface area contributed by atoms with E-state index in [0.717, 1.165) is 41.2 Å². The maximum absolute atomic E-state index is 5.57. The van der Waals surface area contributed by atoms with Gasteiger partial charge in [0.2, 0.25) is 0 Å². The average Bonchev–Trinajstić information content (AvgIpc) is 3.04. The van der Waals surface area contributed by atoms with Crippen LogP contribution in [-0.2, 0) is 0 Å². The molecule has 1 aromatic heterocycles. The summed E-state index contributed by atoms with van der Waals surface area (Å²) in [6.45, 7) is 1.01. The van der Waals surface area contributed by atoms with Crippen molar-refractivity contribution in [1.29, 1.82) is 0 Å². The van der Waals surface area contributed by atoms with Gasteiger partial charge in [-0.3, -0.25) is 0 Å². The fourth-order valence-corrected chi connectivity index (χ4v) is 3.23. The van der Waals surface area contributed by atoms with E-state index in [4.69, 9.17) is 9.47 Å². The van der Waals surface area contributed by atoms with Crippen LogP contribution in [0.2, 0.25) is 0 Å². The van der Waals surface area contributed by atoms with Crippen LogP contribution in [0.15, 0.2) is 41.0 Å². The number of methoxy groups -OCH3 is 2. The third-order valence-electron chi connectivity index (χ3n) is 4.06. The molecule has 0 amide bonds. The number of benzene rings is 1. The summed E-state index contributed by atoms with van der Waals surface area (Å²) in [5, 5.41) is 0. The molecule has 3 rings (SSSR count). The van der Waals surface area contributed by atoms with Crippen LogP contribution in [0.4, 0.5) is 5.82 Å². The molecule has 1 aromatic carbocycles. The Kier molecular flexibility index (Phi) is 4.52. The summed E-state index contributed by atoms with van der Waals surface area (Å²) in [7, 11) is 3.37. The molecule has 1 unspecified atom stereocenters. The van der Waals surface area contributed by atoms with Crippen molar-refractivity contribution in [3.63, 3.8) is 0 Å². The Balaban J connectivity index is 1.94. The van der Waals surface area contributed by atoms with E-state index in [1.54, 1.807) is 14.2 Å². The fraction of sp³-hybridized carbons (Fsp3) is 0.353. The molecule has 2 heterocycles. The number of pyridine rings is 1. The molecule has 0 bridgehead atoms. The van der Waals surface area contributed by atoms with Crippen molar-refractivity contribution in [2.24, 2.45) is 0 Å². The zero-order chi connectivity index (χ0) is 15.5. The molecule has 0 N–H and O–H groups in total. The molecule has 5 heteroatoms. The standard InChI is InChI=1S/C17H19BrN2O2/c1-21-13-6-7-14(16(10-13)22-2)15-4-3-9-20(15)17-8-5-12(18)11-19-17/h5-8,10-11,15H,3-4,9H2,1-2H3. The zero-order valence-electron chi connectivity index (χ0n) is 12.8. The fourth-order valence-electron chi connectivity index (χ4n) is 3.00. The van der Waals surface area contributed by atoms with E-state index in [1.807, 2.05) is 24.4 Å². The van der Waals surface area contributed by atoms with E-state index in [-0.39, 0.29) is 6.04 Å². The van der Waals surface area contributed by atoms with E-state index < -0.39 is 0 Å². The third-order valence-corrected chi connectivity index (χ3v) is 4.53.